The van der Waals surface area contributed by atoms with E-state index in [0.29, 0.717) is 11.4 Å². The van der Waals surface area contributed by atoms with Crippen molar-refractivity contribution in [3.8, 4) is 5.75 Å². The third kappa shape index (κ3) is 3.81. The minimum absolute atomic E-state index is 0.148. The molecule has 3 aromatic rings. The number of hydrogen-bond acceptors (Lipinski definition) is 6. The summed E-state index contributed by atoms with van der Waals surface area (Å²) in [5, 5.41) is 13.4. The van der Waals surface area contributed by atoms with Crippen LogP contribution in [0.2, 0.25) is 0 Å². The minimum atomic E-state index is -0.546. The van der Waals surface area contributed by atoms with E-state index in [9.17, 15) is 14.9 Å². The monoisotopic (exact) mass is 350 g/mol. The van der Waals surface area contributed by atoms with E-state index in [1.165, 1.54) is 37.5 Å². The lowest BCUT2D eigenvalue weighted by atomic mass is 10.2. The number of non-ortho nitro benzene ring substituents is 1. The summed E-state index contributed by atoms with van der Waals surface area (Å²) in [6, 6.07) is 11.4. The van der Waals surface area contributed by atoms with Crippen LogP contribution in [0.15, 0.2) is 54.7 Å². The highest BCUT2D eigenvalue weighted by atomic mass is 16.6. The number of nitrogens with zero attached hydrogens (tertiary/aromatic N) is 3. The molecule has 0 atom stereocenters. The quantitative estimate of drug-likeness (QED) is 0.430. The molecule has 0 fully saturated rings. The molecule has 0 radical (unpaired) electrons. The van der Waals surface area contributed by atoms with E-state index in [1.807, 2.05) is 24.3 Å². The summed E-state index contributed by atoms with van der Waals surface area (Å²) < 4.78 is 5.11. The molecule has 0 spiro atoms. The van der Waals surface area contributed by atoms with E-state index in [1.54, 1.807) is 6.20 Å². The molecule has 0 saturated carbocycles. The van der Waals surface area contributed by atoms with Gasteiger partial charge in [-0.25, -0.2) is 4.98 Å². The number of fused-ring (bicyclic) bond motifs is 1. The van der Waals surface area contributed by atoms with Crippen molar-refractivity contribution in [3.63, 3.8) is 0 Å². The first-order chi connectivity index (χ1) is 12.6. The molecule has 8 heteroatoms. The predicted molar refractivity (Wildman–Crippen MR) is 96.9 cm³/mol. The first kappa shape index (κ1) is 17.0. The second-order valence-electron chi connectivity index (χ2n) is 5.25. The number of amides is 1. The molecule has 26 heavy (non-hydrogen) atoms. The number of nitro benzene ring substituents is 1. The van der Waals surface area contributed by atoms with E-state index in [2.05, 4.69) is 15.3 Å². The number of aromatic nitrogens is 2. The molecule has 8 nitrogen and oxygen atoms in total. The van der Waals surface area contributed by atoms with Crippen molar-refractivity contribution in [2.45, 2.75) is 0 Å². The van der Waals surface area contributed by atoms with Crippen molar-refractivity contribution in [2.24, 2.45) is 0 Å². The largest absolute Gasteiger partial charge is 0.495 e. The molecule has 1 N–H and O–H groups in total. The summed E-state index contributed by atoms with van der Waals surface area (Å²) in [5.41, 5.74) is 2.06. The molecule has 1 aromatic heterocycles. The predicted octanol–water partition coefficient (Wildman–Crippen LogP) is 3.20. The van der Waals surface area contributed by atoms with Crippen LogP contribution in [0.3, 0.4) is 0 Å². The maximum Gasteiger partial charge on any atom is 0.271 e. The summed E-state index contributed by atoms with van der Waals surface area (Å²) in [6.07, 6.45) is 4.34. The van der Waals surface area contributed by atoms with E-state index in [-0.39, 0.29) is 11.4 Å². The third-order valence-corrected chi connectivity index (χ3v) is 3.52. The van der Waals surface area contributed by atoms with Gasteiger partial charge in [0.15, 0.2) is 0 Å². The summed E-state index contributed by atoms with van der Waals surface area (Å²) in [4.78, 5) is 31.1. The fraction of sp³-hybridized carbons (Fsp3) is 0.0556. The molecular formula is C18H14N4O4. The van der Waals surface area contributed by atoms with Crippen molar-refractivity contribution >= 4 is 34.4 Å². The lowest BCUT2D eigenvalue weighted by molar-refractivity contribution is -0.384. The molecule has 130 valence electrons. The molecule has 3 rings (SSSR count). The molecule has 1 heterocycles. The number of carbonyl (C=O) groups excluding carboxylic acids is 1. The van der Waals surface area contributed by atoms with Crippen molar-refractivity contribution in [2.75, 3.05) is 12.4 Å². The van der Waals surface area contributed by atoms with Gasteiger partial charge in [0.1, 0.15) is 5.75 Å². The number of ether oxygens (including phenoxy) is 1. The second kappa shape index (κ2) is 7.39. The Kier molecular flexibility index (Phi) is 4.84. The van der Waals surface area contributed by atoms with Crippen LogP contribution in [0.4, 0.5) is 11.4 Å². The van der Waals surface area contributed by atoms with Gasteiger partial charge in [-0.05, 0) is 24.3 Å². The van der Waals surface area contributed by atoms with E-state index in [4.69, 9.17) is 4.74 Å². The Morgan fingerprint density at radius 3 is 2.73 bits per heavy atom. The van der Waals surface area contributed by atoms with Crippen LogP contribution in [-0.2, 0) is 4.79 Å². The highest BCUT2D eigenvalue weighted by molar-refractivity contribution is 6.02. The normalized spacial score (nSPS) is 10.8. The molecule has 0 aliphatic carbocycles. The van der Waals surface area contributed by atoms with Gasteiger partial charge < -0.3 is 10.1 Å². The summed E-state index contributed by atoms with van der Waals surface area (Å²) in [5.74, 6) is -0.151. The molecule has 0 saturated heterocycles. The average molecular weight is 350 g/mol. The van der Waals surface area contributed by atoms with Crippen LogP contribution < -0.4 is 10.1 Å². The van der Waals surface area contributed by atoms with E-state index >= 15 is 0 Å². The Bertz CT molecular complexity index is 1020. The fourth-order valence-electron chi connectivity index (χ4n) is 2.29. The summed E-state index contributed by atoms with van der Waals surface area (Å²) >= 11 is 0. The van der Waals surface area contributed by atoms with Gasteiger partial charge in [0.25, 0.3) is 5.69 Å². The van der Waals surface area contributed by atoms with Gasteiger partial charge in [0.2, 0.25) is 5.91 Å². The molecule has 0 bridgehead atoms. The van der Waals surface area contributed by atoms with Crippen LogP contribution in [0.5, 0.6) is 5.75 Å². The molecule has 1 amide bonds. The Balaban J connectivity index is 1.78. The second-order valence-corrected chi connectivity index (χ2v) is 5.25. The van der Waals surface area contributed by atoms with Crippen LogP contribution in [0.25, 0.3) is 17.1 Å². The number of carbonyl (C=O) groups is 1. The van der Waals surface area contributed by atoms with Gasteiger partial charge in [-0.3, -0.25) is 19.9 Å². The highest BCUT2D eigenvalue weighted by Crippen LogP contribution is 2.28. The number of nitrogens with one attached hydrogen (secondary N) is 1. The van der Waals surface area contributed by atoms with Gasteiger partial charge in [-0.2, -0.15) is 0 Å². The Morgan fingerprint density at radius 2 is 2.00 bits per heavy atom. The topological polar surface area (TPSA) is 107 Å². The van der Waals surface area contributed by atoms with Gasteiger partial charge in [-0.15, -0.1) is 0 Å². The van der Waals surface area contributed by atoms with Gasteiger partial charge in [-0.1, -0.05) is 12.1 Å². The van der Waals surface area contributed by atoms with Crippen molar-refractivity contribution in [1.29, 1.82) is 0 Å². The smallest absolute Gasteiger partial charge is 0.271 e. The number of rotatable bonds is 5. The average Bonchev–Trinajstić information content (AvgIpc) is 2.66. The van der Waals surface area contributed by atoms with Crippen molar-refractivity contribution < 1.29 is 14.5 Å². The minimum Gasteiger partial charge on any atom is -0.495 e. The Hall–Kier alpha value is -3.81. The zero-order chi connectivity index (χ0) is 18.5. The van der Waals surface area contributed by atoms with E-state index < -0.39 is 10.8 Å². The Labute approximate surface area is 148 Å². The molecule has 2 aromatic carbocycles. The van der Waals surface area contributed by atoms with Crippen molar-refractivity contribution in [1.82, 2.24) is 9.97 Å². The standard InChI is InChI=1S/C18H14N4O4/c1-26-17-8-7-13(22(24)25)10-16(17)21-18(23)9-6-12-11-19-14-4-2-3-5-15(14)20-12/h2-11H,1H3,(H,21,23). The maximum absolute atomic E-state index is 12.1. The van der Waals surface area contributed by atoms with Gasteiger partial charge in [0, 0.05) is 18.2 Å². The molecule has 0 aliphatic rings. The highest BCUT2D eigenvalue weighted by Gasteiger charge is 2.12. The molecule has 0 unspecified atom stereocenters. The lowest BCUT2D eigenvalue weighted by Gasteiger charge is -2.08. The first-order valence-electron chi connectivity index (χ1n) is 7.60. The van der Waals surface area contributed by atoms with Crippen molar-refractivity contribution in [3.05, 3.63) is 70.5 Å². The lowest BCUT2D eigenvalue weighted by Crippen LogP contribution is -2.09. The fourth-order valence-corrected chi connectivity index (χ4v) is 2.29. The number of hydrogen-bond donors (Lipinski definition) is 1. The number of methoxy groups -OCH3 is 1. The number of para-hydroxylation sites is 2. The van der Waals surface area contributed by atoms with Crippen LogP contribution >= 0.6 is 0 Å². The molecule has 0 aliphatic heterocycles. The van der Waals surface area contributed by atoms with Crippen LogP contribution in [0.1, 0.15) is 5.69 Å². The van der Waals surface area contributed by atoms with Crippen LogP contribution in [-0.4, -0.2) is 27.9 Å². The number of anilines is 1. The first-order valence-corrected chi connectivity index (χ1v) is 7.60. The van der Waals surface area contributed by atoms with Crippen LogP contribution in [0, 0.1) is 10.1 Å². The Morgan fingerprint density at radius 1 is 1.23 bits per heavy atom. The molecular weight excluding hydrogens is 336 g/mol. The SMILES string of the molecule is COc1ccc([N+](=O)[O-])cc1NC(=O)C=Cc1cnc2ccccc2n1. The summed E-state index contributed by atoms with van der Waals surface area (Å²) in [7, 11) is 1.41. The number of benzene rings is 2. The maximum atomic E-state index is 12.1. The number of nitro groups is 1. The zero-order valence-corrected chi connectivity index (χ0v) is 13.7. The van der Waals surface area contributed by atoms with Gasteiger partial charge in [0.05, 0.1) is 40.6 Å². The zero-order valence-electron chi connectivity index (χ0n) is 13.7. The summed E-state index contributed by atoms with van der Waals surface area (Å²) in [6.45, 7) is 0. The third-order valence-electron chi connectivity index (χ3n) is 3.52. The van der Waals surface area contributed by atoms with E-state index in [0.717, 1.165) is 11.0 Å². The van der Waals surface area contributed by atoms with Gasteiger partial charge >= 0.3 is 0 Å².